The number of carboxylic acids is 1. The fourth-order valence-electron chi connectivity index (χ4n) is 12.3. The van der Waals surface area contributed by atoms with Crippen molar-refractivity contribution in [3.63, 3.8) is 0 Å². The SMILES string of the molecule is C/C=C1\C=C[C@@]2(C)C(=C1)CC[C@@H]1[C@@H]2[C@@H](O)C[C@@]2(C)[C@H]1C[C@H]1O[C@@H](c3ccc(CSc4cccc(NC(=O)[C@H](C)NC(=O)[C@H](C)NC(=O)CCNC(=O)C(CC(=O)O)SC(C)CCCC)c4)cc3)O[C@]12C(=O)CO. The molecule has 1 heterocycles. The molecule has 0 radical (unpaired) electrons. The van der Waals surface area contributed by atoms with E-state index in [0.717, 1.165) is 48.1 Å². The molecule has 7 rings (SSSR count). The van der Waals surface area contributed by atoms with Crippen molar-refractivity contribution in [1.29, 1.82) is 0 Å². The molecule has 2 aromatic carbocycles. The second-order valence-electron chi connectivity index (χ2n) is 21.0. The quantitative estimate of drug-likeness (QED) is 0.0566. The van der Waals surface area contributed by atoms with Gasteiger partial charge in [-0.15, -0.1) is 23.5 Å². The number of ether oxygens (including phenoxy) is 2. The van der Waals surface area contributed by atoms with Gasteiger partial charge in [-0.2, -0.15) is 0 Å². The molecule has 4 aliphatic carbocycles. The number of rotatable bonds is 22. The summed E-state index contributed by atoms with van der Waals surface area (Å²) in [6.07, 6.45) is 11.9. The van der Waals surface area contributed by atoms with E-state index in [1.165, 1.54) is 36.8 Å². The van der Waals surface area contributed by atoms with Gasteiger partial charge in [0.25, 0.3) is 0 Å². The zero-order valence-corrected chi connectivity index (χ0v) is 44.7. The molecule has 0 spiro atoms. The maximum absolute atomic E-state index is 14.0. The van der Waals surface area contributed by atoms with Crippen molar-refractivity contribution in [2.75, 3.05) is 18.5 Å². The number of thioether (sulfide) groups is 2. The molecule has 4 amide bonds. The van der Waals surface area contributed by atoms with Crippen molar-refractivity contribution in [3.8, 4) is 0 Å². The monoisotopic (exact) mass is 1040 g/mol. The molecule has 17 heteroatoms. The van der Waals surface area contributed by atoms with Gasteiger partial charge in [0.15, 0.2) is 17.7 Å². The lowest BCUT2D eigenvalue weighted by molar-refractivity contribution is -0.201. The van der Waals surface area contributed by atoms with Gasteiger partial charge in [0.2, 0.25) is 23.6 Å². The van der Waals surface area contributed by atoms with Crippen LogP contribution in [0, 0.1) is 28.6 Å². The molecule has 396 valence electrons. The summed E-state index contributed by atoms with van der Waals surface area (Å²) >= 11 is 2.88. The second kappa shape index (κ2) is 23.8. The van der Waals surface area contributed by atoms with Gasteiger partial charge in [0, 0.05) is 56.9 Å². The number of ketones is 1. The number of carbonyl (C=O) groups excluding carboxylic acids is 5. The number of aliphatic carboxylic acids is 1. The van der Waals surface area contributed by atoms with E-state index in [4.69, 9.17) is 9.47 Å². The highest BCUT2D eigenvalue weighted by Gasteiger charge is 2.76. The highest BCUT2D eigenvalue weighted by molar-refractivity contribution is 8.01. The van der Waals surface area contributed by atoms with Gasteiger partial charge < -0.3 is 46.1 Å². The van der Waals surface area contributed by atoms with Crippen molar-refractivity contribution in [3.05, 3.63) is 95.1 Å². The summed E-state index contributed by atoms with van der Waals surface area (Å²) in [4.78, 5) is 77.9. The molecule has 15 nitrogen and oxygen atoms in total. The Morgan fingerprint density at radius 3 is 2.41 bits per heavy atom. The van der Waals surface area contributed by atoms with Crippen LogP contribution in [0.1, 0.15) is 124 Å². The predicted octanol–water partition coefficient (Wildman–Crippen LogP) is 7.57. The summed E-state index contributed by atoms with van der Waals surface area (Å²) in [6.45, 7) is 12.7. The number of Topliss-reactive ketones (excluding diaryl/α,β-unsaturated/α-hetero) is 1. The van der Waals surface area contributed by atoms with Gasteiger partial charge in [0.1, 0.15) is 18.7 Å². The summed E-state index contributed by atoms with van der Waals surface area (Å²) in [5.74, 6) is -2.65. The standard InChI is InChI=1S/C56H74N4O11S2/c1-8-10-12-32(3)73-44(28-48(65)66)52(69)57-24-22-47(64)58-33(4)50(67)59-34(5)51(68)60-39-13-11-14-40(26-39)72-31-36-15-17-37(18-16-36)53-70-46-27-42-41-20-19-38-25-35(9-2)21-23-54(38,6)49(41)43(62)29-55(42,7)56(46,71-53)45(63)30-61/h9,11,13-18,21,23,25-26,32-34,41-44,46,49,53,61-62H,8,10,12,19-20,22,24,27-31H2,1-7H3,(H,57,69)(H,58,64)(H,59,67)(H,60,68)(H,65,66)/b35-9+/t32?,33-,34-,41-,42-,43-,44?,46+,49+,53+,54-,55-,56+/m0/s1. The van der Waals surface area contributed by atoms with Gasteiger partial charge in [-0.25, -0.2) is 0 Å². The summed E-state index contributed by atoms with van der Waals surface area (Å²) in [7, 11) is 0. The molecule has 2 unspecified atom stereocenters. The maximum atomic E-state index is 14.0. The summed E-state index contributed by atoms with van der Waals surface area (Å²) in [5.41, 5.74) is 2.40. The molecule has 5 aliphatic rings. The van der Waals surface area contributed by atoms with Crippen LogP contribution in [0.5, 0.6) is 0 Å². The first-order valence-electron chi connectivity index (χ1n) is 25.9. The van der Waals surface area contributed by atoms with Crippen molar-refractivity contribution in [2.45, 2.75) is 164 Å². The summed E-state index contributed by atoms with van der Waals surface area (Å²) in [6, 6.07) is 13.3. The topological polar surface area (TPSA) is 230 Å². The van der Waals surface area contributed by atoms with E-state index in [-0.39, 0.29) is 47.8 Å². The fourth-order valence-corrected chi connectivity index (χ4v) is 14.5. The first-order valence-corrected chi connectivity index (χ1v) is 27.8. The van der Waals surface area contributed by atoms with Crippen LogP contribution in [0.3, 0.4) is 0 Å². The number of hydrogen-bond acceptors (Lipinski definition) is 12. The minimum atomic E-state index is -1.40. The van der Waals surface area contributed by atoms with Gasteiger partial charge in [-0.1, -0.05) is 101 Å². The zero-order chi connectivity index (χ0) is 52.8. The fraction of sp³-hybridized carbons (Fsp3) is 0.571. The Bertz CT molecular complexity index is 2480. The number of carboxylic acid groups (broad SMARTS) is 1. The number of allylic oxidation sites excluding steroid dienone is 6. The number of anilines is 1. The Morgan fingerprint density at radius 2 is 1.71 bits per heavy atom. The number of amides is 4. The van der Waals surface area contributed by atoms with E-state index < -0.39 is 88.8 Å². The molecule has 1 aliphatic heterocycles. The third kappa shape index (κ3) is 12.0. The van der Waals surface area contributed by atoms with Crippen molar-refractivity contribution >= 4 is 64.6 Å². The van der Waals surface area contributed by atoms with E-state index in [1.807, 2.05) is 56.3 Å². The summed E-state index contributed by atoms with van der Waals surface area (Å²) in [5, 5.41) is 41.9. The van der Waals surface area contributed by atoms with E-state index in [9.17, 15) is 44.1 Å². The number of aliphatic hydroxyl groups is 2. The van der Waals surface area contributed by atoms with E-state index in [1.54, 1.807) is 17.8 Å². The van der Waals surface area contributed by atoms with Crippen LogP contribution in [0.2, 0.25) is 0 Å². The van der Waals surface area contributed by atoms with E-state index in [2.05, 4.69) is 66.3 Å². The van der Waals surface area contributed by atoms with Crippen LogP contribution >= 0.6 is 23.5 Å². The van der Waals surface area contributed by atoms with Crippen LogP contribution in [-0.2, 0) is 44.0 Å². The maximum Gasteiger partial charge on any atom is 0.305 e. The third-order valence-electron chi connectivity index (χ3n) is 16.1. The molecule has 1 saturated heterocycles. The number of unbranched alkanes of at least 4 members (excludes halogenated alkanes) is 1. The average Bonchev–Trinajstić information content (AvgIpc) is 3.86. The van der Waals surface area contributed by atoms with Crippen molar-refractivity contribution in [1.82, 2.24) is 16.0 Å². The number of benzene rings is 2. The van der Waals surface area contributed by atoms with Gasteiger partial charge in [-0.3, -0.25) is 28.8 Å². The van der Waals surface area contributed by atoms with Crippen LogP contribution in [-0.4, -0.2) is 104 Å². The number of nitrogens with one attached hydrogen (secondary N) is 4. The first-order chi connectivity index (χ1) is 34.8. The second-order valence-corrected chi connectivity index (χ2v) is 23.7. The van der Waals surface area contributed by atoms with Crippen LogP contribution in [0.15, 0.2) is 88.9 Å². The van der Waals surface area contributed by atoms with Crippen LogP contribution < -0.4 is 21.3 Å². The number of aliphatic hydroxyl groups excluding tert-OH is 2. The van der Waals surface area contributed by atoms with Gasteiger partial charge in [-0.05, 0) is 94.0 Å². The predicted molar refractivity (Wildman–Crippen MR) is 282 cm³/mol. The molecule has 73 heavy (non-hydrogen) atoms. The Hall–Kier alpha value is -4.78. The highest BCUT2D eigenvalue weighted by atomic mass is 32.2. The largest absolute Gasteiger partial charge is 0.481 e. The van der Waals surface area contributed by atoms with Gasteiger partial charge >= 0.3 is 5.97 Å². The lowest BCUT2D eigenvalue weighted by Crippen LogP contribution is -2.63. The molecule has 0 bridgehead atoms. The van der Waals surface area contributed by atoms with Crippen LogP contribution in [0.4, 0.5) is 5.69 Å². The molecule has 2 aromatic rings. The zero-order valence-electron chi connectivity index (χ0n) is 43.1. The average molecular weight is 1040 g/mol. The van der Waals surface area contributed by atoms with Crippen molar-refractivity contribution in [2.24, 2.45) is 28.6 Å². The lowest BCUT2D eigenvalue weighted by atomic mass is 9.46. The molecule has 7 N–H and O–H groups in total. The first kappa shape index (κ1) is 56.0. The normalized spacial score (nSPS) is 30.0. The number of carbonyl (C=O) groups is 6. The minimum absolute atomic E-state index is 0.00466. The molecule has 3 saturated carbocycles. The molecular formula is C56H74N4O11S2. The van der Waals surface area contributed by atoms with Crippen LogP contribution in [0.25, 0.3) is 0 Å². The van der Waals surface area contributed by atoms with Crippen molar-refractivity contribution < 1.29 is 53.6 Å². The minimum Gasteiger partial charge on any atom is -0.481 e. The Balaban J connectivity index is 0.877. The Labute approximate surface area is 437 Å². The number of fused-ring (bicyclic) bond motifs is 7. The lowest BCUT2D eigenvalue weighted by Gasteiger charge is -2.59. The highest BCUT2D eigenvalue weighted by Crippen LogP contribution is 2.70. The smallest absolute Gasteiger partial charge is 0.305 e. The van der Waals surface area contributed by atoms with Gasteiger partial charge in [0.05, 0.1) is 23.9 Å². The molecule has 0 aromatic heterocycles. The molecular weight excluding hydrogens is 969 g/mol. The summed E-state index contributed by atoms with van der Waals surface area (Å²) < 4.78 is 13.5. The Kier molecular flexibility index (Phi) is 18.3. The molecule has 13 atom stereocenters. The number of hydrogen-bond donors (Lipinski definition) is 7. The molecule has 4 fully saturated rings. The van der Waals surface area contributed by atoms with E-state index >= 15 is 0 Å². The van der Waals surface area contributed by atoms with E-state index in [0.29, 0.717) is 24.3 Å². The third-order valence-corrected chi connectivity index (χ3v) is 18.6. The Morgan fingerprint density at radius 1 is 0.973 bits per heavy atom.